The highest BCUT2D eigenvalue weighted by Crippen LogP contribution is 2.38. The summed E-state index contributed by atoms with van der Waals surface area (Å²) < 4.78 is 5.17. The van der Waals surface area contributed by atoms with Crippen LogP contribution >= 0.6 is 0 Å². The molecule has 0 radical (unpaired) electrons. The van der Waals surface area contributed by atoms with E-state index in [1.807, 2.05) is 13.2 Å². The van der Waals surface area contributed by atoms with Gasteiger partial charge in [0.15, 0.2) is 0 Å². The molecule has 1 heterocycles. The molecule has 1 fully saturated rings. The zero-order chi connectivity index (χ0) is 16.5. The summed E-state index contributed by atoms with van der Waals surface area (Å²) in [5.41, 5.74) is 2.77. The molecule has 1 aliphatic carbocycles. The fraction of sp³-hybridized carbons (Fsp3) is 0.833. The van der Waals surface area contributed by atoms with E-state index in [-0.39, 0.29) is 0 Å². The van der Waals surface area contributed by atoms with Crippen LogP contribution in [0.25, 0.3) is 0 Å². The number of likely N-dealkylation sites (N-methyl/N-ethyl adjacent to an activating group) is 2. The summed E-state index contributed by atoms with van der Waals surface area (Å²) in [5, 5.41) is 10.8. The minimum atomic E-state index is 0.670. The van der Waals surface area contributed by atoms with Crippen LogP contribution in [0.3, 0.4) is 0 Å². The second kappa shape index (κ2) is 10.1. The van der Waals surface area contributed by atoms with Crippen LogP contribution < -0.4 is 5.32 Å². The highest BCUT2D eigenvalue weighted by atomic mass is 16.5. The van der Waals surface area contributed by atoms with Crippen molar-refractivity contribution in [2.75, 3.05) is 40.9 Å². The zero-order valence-corrected chi connectivity index (χ0v) is 15.1. The van der Waals surface area contributed by atoms with E-state index in [9.17, 15) is 0 Å². The molecule has 1 aromatic rings. The molecule has 0 aliphatic heterocycles. The summed E-state index contributed by atoms with van der Waals surface area (Å²) in [6, 6.07) is 0. The molecule has 1 aromatic heterocycles. The van der Waals surface area contributed by atoms with Crippen LogP contribution in [0.4, 0.5) is 0 Å². The van der Waals surface area contributed by atoms with Crippen molar-refractivity contribution >= 4 is 0 Å². The molecule has 2 rings (SSSR count). The molecule has 0 atom stereocenters. The highest BCUT2D eigenvalue weighted by molar-refractivity contribution is 5.21. The Morgan fingerprint density at radius 3 is 2.83 bits per heavy atom. The van der Waals surface area contributed by atoms with Gasteiger partial charge in [-0.1, -0.05) is 0 Å². The van der Waals surface area contributed by atoms with E-state index < -0.39 is 0 Å². The fourth-order valence-electron chi connectivity index (χ4n) is 3.73. The van der Waals surface area contributed by atoms with Crippen LogP contribution in [0.2, 0.25) is 0 Å². The third-order valence-corrected chi connectivity index (χ3v) is 5.15. The molecule has 0 bridgehead atoms. The molecule has 0 amide bonds. The highest BCUT2D eigenvalue weighted by Gasteiger charge is 2.25. The number of nitrogens with one attached hydrogen (secondary N) is 2. The lowest BCUT2D eigenvalue weighted by molar-refractivity contribution is 0.180. The second-order valence-corrected chi connectivity index (χ2v) is 7.00. The van der Waals surface area contributed by atoms with E-state index in [0.717, 1.165) is 32.2 Å². The van der Waals surface area contributed by atoms with Gasteiger partial charge >= 0.3 is 0 Å². The molecular formula is C18H34N4O. The average molecular weight is 322 g/mol. The van der Waals surface area contributed by atoms with Crippen molar-refractivity contribution in [1.82, 2.24) is 20.4 Å². The van der Waals surface area contributed by atoms with Crippen molar-refractivity contribution in [3.8, 4) is 0 Å². The van der Waals surface area contributed by atoms with Crippen LogP contribution in [0.1, 0.15) is 55.7 Å². The Morgan fingerprint density at radius 2 is 2.13 bits per heavy atom. The zero-order valence-electron chi connectivity index (χ0n) is 15.1. The SMILES string of the molecule is CNCCN(C)Cc1cn[nH]c1C1CCC(CCCOC)CC1. The molecule has 0 spiro atoms. The van der Waals surface area contributed by atoms with Gasteiger partial charge in [-0.2, -0.15) is 5.10 Å². The lowest BCUT2D eigenvalue weighted by Gasteiger charge is -2.29. The Labute approximate surface area is 141 Å². The van der Waals surface area contributed by atoms with Gasteiger partial charge in [0.1, 0.15) is 0 Å². The summed E-state index contributed by atoms with van der Waals surface area (Å²) in [5.74, 6) is 1.56. The third-order valence-electron chi connectivity index (χ3n) is 5.15. The number of H-pyrrole nitrogens is 1. The Kier molecular flexibility index (Phi) is 8.06. The van der Waals surface area contributed by atoms with Crippen LogP contribution in [0, 0.1) is 5.92 Å². The van der Waals surface area contributed by atoms with Gasteiger partial charge in [0.05, 0.1) is 6.20 Å². The van der Waals surface area contributed by atoms with E-state index in [0.29, 0.717) is 5.92 Å². The van der Waals surface area contributed by atoms with Gasteiger partial charge in [0.2, 0.25) is 0 Å². The van der Waals surface area contributed by atoms with Crippen LogP contribution in [0.15, 0.2) is 6.20 Å². The molecule has 2 N–H and O–H groups in total. The Bertz CT molecular complexity index is 426. The Hall–Kier alpha value is -0.910. The quantitative estimate of drug-likeness (QED) is 0.650. The molecule has 132 valence electrons. The first-order valence-electron chi connectivity index (χ1n) is 9.08. The summed E-state index contributed by atoms with van der Waals surface area (Å²) in [4.78, 5) is 2.36. The topological polar surface area (TPSA) is 53.2 Å². The number of aromatic nitrogens is 2. The van der Waals surface area contributed by atoms with Gasteiger partial charge in [0, 0.05) is 50.5 Å². The van der Waals surface area contributed by atoms with Crippen molar-refractivity contribution in [2.24, 2.45) is 5.92 Å². The molecular weight excluding hydrogens is 288 g/mol. The fourth-order valence-corrected chi connectivity index (χ4v) is 3.73. The standard InChI is InChI=1S/C18H34N4O/c1-19-10-11-22(2)14-17-13-20-21-18(17)16-8-6-15(7-9-16)5-4-12-23-3/h13,15-16,19H,4-12,14H2,1-3H3,(H,20,21). The van der Waals surface area contributed by atoms with E-state index in [1.54, 1.807) is 7.11 Å². The van der Waals surface area contributed by atoms with Gasteiger partial charge in [-0.05, 0) is 58.5 Å². The van der Waals surface area contributed by atoms with Crippen molar-refractivity contribution in [3.63, 3.8) is 0 Å². The lowest BCUT2D eigenvalue weighted by atomic mass is 9.78. The van der Waals surface area contributed by atoms with Crippen molar-refractivity contribution in [3.05, 3.63) is 17.5 Å². The van der Waals surface area contributed by atoms with Gasteiger partial charge in [0.25, 0.3) is 0 Å². The Balaban J connectivity index is 1.81. The summed E-state index contributed by atoms with van der Waals surface area (Å²) in [7, 11) is 5.98. The molecule has 5 nitrogen and oxygen atoms in total. The molecule has 1 saturated carbocycles. The maximum absolute atomic E-state index is 5.17. The van der Waals surface area contributed by atoms with Gasteiger partial charge in [-0.25, -0.2) is 0 Å². The van der Waals surface area contributed by atoms with E-state index >= 15 is 0 Å². The van der Waals surface area contributed by atoms with E-state index in [1.165, 1.54) is 49.8 Å². The van der Waals surface area contributed by atoms with Crippen molar-refractivity contribution in [2.45, 2.75) is 51.0 Å². The van der Waals surface area contributed by atoms with Crippen LogP contribution in [-0.2, 0) is 11.3 Å². The normalized spacial score (nSPS) is 21.9. The molecule has 0 unspecified atom stereocenters. The molecule has 1 aliphatic rings. The second-order valence-electron chi connectivity index (χ2n) is 7.00. The molecule has 5 heteroatoms. The number of aromatic amines is 1. The summed E-state index contributed by atoms with van der Waals surface area (Å²) in [6.45, 7) is 3.98. The monoisotopic (exact) mass is 322 g/mol. The lowest BCUT2D eigenvalue weighted by Crippen LogP contribution is -2.27. The summed E-state index contributed by atoms with van der Waals surface area (Å²) in [6.07, 6.45) is 9.85. The minimum Gasteiger partial charge on any atom is -0.385 e. The average Bonchev–Trinajstić information content (AvgIpc) is 3.02. The van der Waals surface area contributed by atoms with Crippen LogP contribution in [0.5, 0.6) is 0 Å². The number of methoxy groups -OCH3 is 1. The number of hydrogen-bond acceptors (Lipinski definition) is 4. The van der Waals surface area contributed by atoms with E-state index in [4.69, 9.17) is 4.74 Å². The predicted molar refractivity (Wildman–Crippen MR) is 94.7 cm³/mol. The minimum absolute atomic E-state index is 0.670. The van der Waals surface area contributed by atoms with Crippen molar-refractivity contribution < 1.29 is 4.74 Å². The number of nitrogens with zero attached hydrogens (tertiary/aromatic N) is 2. The number of ether oxygens (including phenoxy) is 1. The molecule has 0 aromatic carbocycles. The van der Waals surface area contributed by atoms with Crippen molar-refractivity contribution in [1.29, 1.82) is 0 Å². The summed E-state index contributed by atoms with van der Waals surface area (Å²) >= 11 is 0. The maximum Gasteiger partial charge on any atom is 0.0535 e. The van der Waals surface area contributed by atoms with Gasteiger partial charge in [-0.3, -0.25) is 5.10 Å². The van der Waals surface area contributed by atoms with Gasteiger partial charge in [-0.15, -0.1) is 0 Å². The first kappa shape index (κ1) is 18.4. The first-order valence-corrected chi connectivity index (χ1v) is 9.08. The molecule has 23 heavy (non-hydrogen) atoms. The van der Waals surface area contributed by atoms with Crippen LogP contribution in [-0.4, -0.2) is 56.0 Å². The number of hydrogen-bond donors (Lipinski definition) is 2. The predicted octanol–water partition coefficient (Wildman–Crippen LogP) is 2.76. The first-order chi connectivity index (χ1) is 11.2. The van der Waals surface area contributed by atoms with Gasteiger partial charge < -0.3 is 15.0 Å². The van der Waals surface area contributed by atoms with E-state index in [2.05, 4.69) is 27.5 Å². The smallest absolute Gasteiger partial charge is 0.0535 e. The third kappa shape index (κ3) is 5.90. The maximum atomic E-state index is 5.17. The molecule has 0 saturated heterocycles. The largest absolute Gasteiger partial charge is 0.385 e. The number of rotatable bonds is 10. The Morgan fingerprint density at radius 1 is 1.35 bits per heavy atom.